The number of rotatable bonds is 4. The number of nitrogens with one attached hydrogen (secondary N) is 1. The first-order valence-electron chi connectivity index (χ1n) is 12.3. The second kappa shape index (κ2) is 8.83. The van der Waals surface area contributed by atoms with Crippen LogP contribution in [0.1, 0.15) is 49.7 Å². The first-order valence-corrected chi connectivity index (χ1v) is 12.3. The van der Waals surface area contributed by atoms with Crippen molar-refractivity contribution in [3.63, 3.8) is 0 Å². The summed E-state index contributed by atoms with van der Waals surface area (Å²) in [5.74, 6) is -13.7. The third-order valence-corrected chi connectivity index (χ3v) is 8.26. The highest BCUT2D eigenvalue weighted by Crippen LogP contribution is 2.53. The number of aliphatic hydroxyl groups excluding tert-OH is 2. The molecule has 4 aliphatic carbocycles. The molecule has 2 saturated carbocycles. The van der Waals surface area contributed by atoms with E-state index < -0.39 is 111 Å². The molecule has 2 fully saturated rings. The van der Waals surface area contributed by atoms with Gasteiger partial charge in [0, 0.05) is 48.8 Å². The molecule has 0 aliphatic heterocycles. The maximum atomic E-state index is 15.2. The van der Waals surface area contributed by atoms with Crippen LogP contribution in [0.15, 0.2) is 23.0 Å². The topological polar surface area (TPSA) is 187 Å². The number of anilines is 1. The summed E-state index contributed by atoms with van der Waals surface area (Å²) >= 11 is 0. The number of carbonyl (C=O) groups is 4. The number of halogens is 3. The molecule has 7 N–H and O–H groups in total. The monoisotopic (exact) mass is 550 g/mol. The number of Topliss-reactive ketones (excluding diaryl/α,β-unsaturated/α-hetero) is 2. The fourth-order valence-corrected chi connectivity index (χ4v) is 6.42. The molecular formula is C26H25F3N2O8. The van der Waals surface area contributed by atoms with Crippen molar-refractivity contribution < 1.29 is 52.8 Å². The van der Waals surface area contributed by atoms with Crippen molar-refractivity contribution in [1.29, 1.82) is 0 Å². The van der Waals surface area contributed by atoms with Gasteiger partial charge in [0.1, 0.15) is 22.9 Å². The van der Waals surface area contributed by atoms with E-state index in [2.05, 4.69) is 5.32 Å². The number of aliphatic hydroxyl groups is 3. The first-order chi connectivity index (χ1) is 18.2. The number of phenols is 1. The van der Waals surface area contributed by atoms with Gasteiger partial charge in [0.2, 0.25) is 17.6 Å². The normalized spacial score (nSPS) is 29.6. The third-order valence-electron chi connectivity index (χ3n) is 8.26. The number of fused-ring (bicyclic) bond motifs is 3. The molecule has 0 radical (unpaired) electrons. The van der Waals surface area contributed by atoms with Gasteiger partial charge in [-0.25, -0.2) is 13.2 Å². The van der Waals surface area contributed by atoms with Gasteiger partial charge in [0.05, 0.1) is 11.3 Å². The maximum absolute atomic E-state index is 15.2. The van der Waals surface area contributed by atoms with Crippen molar-refractivity contribution >= 4 is 34.8 Å². The summed E-state index contributed by atoms with van der Waals surface area (Å²) in [5.41, 5.74) is -0.191. The molecule has 10 nitrogen and oxygen atoms in total. The number of nitrogens with two attached hydrogens (primary N) is 1. The van der Waals surface area contributed by atoms with Gasteiger partial charge < -0.3 is 31.5 Å². The van der Waals surface area contributed by atoms with Crippen LogP contribution < -0.4 is 11.1 Å². The van der Waals surface area contributed by atoms with Crippen LogP contribution >= 0.6 is 0 Å². The molecule has 13 heteroatoms. The summed E-state index contributed by atoms with van der Waals surface area (Å²) < 4.78 is 42.1. The molecule has 2 unspecified atom stereocenters. The van der Waals surface area contributed by atoms with Crippen LogP contribution in [0.3, 0.4) is 0 Å². The quantitative estimate of drug-likeness (QED) is 0.243. The number of ketones is 2. The van der Waals surface area contributed by atoms with E-state index in [-0.39, 0.29) is 37.7 Å². The van der Waals surface area contributed by atoms with Crippen LogP contribution in [-0.2, 0) is 25.6 Å². The summed E-state index contributed by atoms with van der Waals surface area (Å²) in [4.78, 5) is 50.0. The van der Waals surface area contributed by atoms with E-state index in [1.165, 1.54) is 0 Å². The number of alkyl halides is 2. The molecule has 4 atom stereocenters. The summed E-state index contributed by atoms with van der Waals surface area (Å²) in [5, 5.41) is 46.0. The van der Waals surface area contributed by atoms with Gasteiger partial charge in [-0.3, -0.25) is 19.2 Å². The minimum absolute atomic E-state index is 0.121. The van der Waals surface area contributed by atoms with Crippen molar-refractivity contribution in [2.75, 3.05) is 5.32 Å². The predicted molar refractivity (Wildman–Crippen MR) is 127 cm³/mol. The van der Waals surface area contributed by atoms with E-state index in [1.807, 2.05) is 0 Å². The van der Waals surface area contributed by atoms with E-state index in [0.717, 1.165) is 6.07 Å². The Hall–Kier alpha value is -3.87. The Morgan fingerprint density at radius 1 is 1.15 bits per heavy atom. The molecule has 1 aromatic carbocycles. The molecule has 0 heterocycles. The summed E-state index contributed by atoms with van der Waals surface area (Å²) in [6.07, 6.45) is -1.92. The highest BCUT2D eigenvalue weighted by Gasteiger charge is 2.60. The Labute approximate surface area is 219 Å². The molecular weight excluding hydrogens is 525 g/mol. The second-order valence-electron chi connectivity index (χ2n) is 10.7. The highest BCUT2D eigenvalue weighted by atomic mass is 19.3. The van der Waals surface area contributed by atoms with Crippen LogP contribution in [0, 0.1) is 23.6 Å². The number of aromatic hydroxyl groups is 1. The van der Waals surface area contributed by atoms with Crippen LogP contribution in [0.5, 0.6) is 5.75 Å². The molecule has 39 heavy (non-hydrogen) atoms. The number of phenolic OH excluding ortho intramolecular Hbond substituents is 1. The summed E-state index contributed by atoms with van der Waals surface area (Å²) in [7, 11) is 0. The van der Waals surface area contributed by atoms with Crippen molar-refractivity contribution in [1.82, 2.24) is 0 Å². The molecule has 1 aromatic rings. The number of primary amides is 1. The standard InChI is InChI=1S/C26H25F3N2O8/c27-13-7-14(31-16(33)3-9-1-2-25(28,29)8-9)20(34)18-12(13)5-10-4-11-6-15(32)19(24(30)38)23(37)26(11,39)22(36)17(10)21(18)35/h7,9-11,34-35,37,39H,1-6,8H2,(H2,30,38)(H,31,33)/t9?,10?,11-,26-/m0/s1. The largest absolute Gasteiger partial charge is 0.508 e. The van der Waals surface area contributed by atoms with Crippen LogP contribution in [0.2, 0.25) is 0 Å². The first kappa shape index (κ1) is 26.7. The number of hydrogen-bond donors (Lipinski definition) is 6. The van der Waals surface area contributed by atoms with Crippen LogP contribution in [-0.4, -0.2) is 55.3 Å². The summed E-state index contributed by atoms with van der Waals surface area (Å²) in [6.45, 7) is 0. The Kier molecular flexibility index (Phi) is 6.05. The van der Waals surface area contributed by atoms with Gasteiger partial charge in [0.25, 0.3) is 5.91 Å². The Balaban J connectivity index is 1.52. The zero-order chi connectivity index (χ0) is 28.6. The van der Waals surface area contributed by atoms with Crippen molar-refractivity contribution in [2.24, 2.45) is 23.5 Å². The zero-order valence-corrected chi connectivity index (χ0v) is 20.4. The van der Waals surface area contributed by atoms with E-state index >= 15 is 4.39 Å². The Morgan fingerprint density at radius 3 is 2.46 bits per heavy atom. The number of carbonyl (C=O) groups excluding carboxylic acids is 4. The van der Waals surface area contributed by atoms with Gasteiger partial charge in [-0.15, -0.1) is 0 Å². The summed E-state index contributed by atoms with van der Waals surface area (Å²) in [6, 6.07) is 0.812. The number of hydrogen-bond acceptors (Lipinski definition) is 8. The average Bonchev–Trinajstić information content (AvgIpc) is 3.17. The minimum atomic E-state index is -2.87. The van der Waals surface area contributed by atoms with E-state index in [0.29, 0.717) is 0 Å². The van der Waals surface area contributed by atoms with Crippen molar-refractivity contribution in [3.8, 4) is 5.75 Å². The minimum Gasteiger partial charge on any atom is -0.508 e. The van der Waals surface area contributed by atoms with E-state index in [4.69, 9.17) is 5.73 Å². The second-order valence-corrected chi connectivity index (χ2v) is 10.7. The zero-order valence-electron chi connectivity index (χ0n) is 20.4. The van der Waals surface area contributed by atoms with Crippen LogP contribution in [0.4, 0.5) is 18.9 Å². The van der Waals surface area contributed by atoms with Crippen molar-refractivity contribution in [3.05, 3.63) is 39.9 Å². The van der Waals surface area contributed by atoms with Crippen LogP contribution in [0.25, 0.3) is 5.76 Å². The molecule has 0 spiro atoms. The Bertz CT molecular complexity index is 1420. The van der Waals surface area contributed by atoms with Gasteiger partial charge >= 0.3 is 0 Å². The lowest BCUT2D eigenvalue weighted by Crippen LogP contribution is -2.58. The Morgan fingerprint density at radius 2 is 1.85 bits per heavy atom. The predicted octanol–water partition coefficient (Wildman–Crippen LogP) is 2.33. The van der Waals surface area contributed by atoms with Gasteiger partial charge in [-0.1, -0.05) is 0 Å². The van der Waals surface area contributed by atoms with Gasteiger partial charge in [0.15, 0.2) is 17.1 Å². The fourth-order valence-electron chi connectivity index (χ4n) is 6.42. The maximum Gasteiger partial charge on any atom is 0.255 e. The van der Waals surface area contributed by atoms with E-state index in [9.17, 15) is 48.4 Å². The molecule has 0 aromatic heterocycles. The third kappa shape index (κ3) is 4.06. The number of benzene rings is 1. The number of amides is 2. The lowest BCUT2D eigenvalue weighted by molar-refractivity contribution is -0.147. The average molecular weight is 550 g/mol. The van der Waals surface area contributed by atoms with Gasteiger partial charge in [-0.05, 0) is 31.1 Å². The molecule has 0 saturated heterocycles. The van der Waals surface area contributed by atoms with E-state index in [1.54, 1.807) is 0 Å². The molecule has 208 valence electrons. The lowest BCUT2D eigenvalue weighted by atomic mass is 9.59. The molecule has 2 amide bonds. The smallest absolute Gasteiger partial charge is 0.255 e. The van der Waals surface area contributed by atoms with Gasteiger partial charge in [-0.2, -0.15) is 0 Å². The van der Waals surface area contributed by atoms with Crippen molar-refractivity contribution in [2.45, 2.75) is 56.5 Å². The lowest BCUT2D eigenvalue weighted by Gasteiger charge is -2.46. The SMILES string of the molecule is NC(=O)C1=C(O)[C@@]2(O)C(=O)C3=C(O)c4c(O)c(NC(=O)CC5CCC(F)(F)C5)cc(F)c4CC3C[C@H]2CC1=O. The molecule has 0 bridgehead atoms. The molecule has 4 aliphatic rings. The molecule has 5 rings (SSSR count). The fraction of sp³-hybridized carbons (Fsp3) is 0.462. The highest BCUT2D eigenvalue weighted by molar-refractivity contribution is 6.22.